The van der Waals surface area contributed by atoms with E-state index in [-0.39, 0.29) is 17.7 Å². The van der Waals surface area contributed by atoms with Crippen LogP contribution in [-0.2, 0) is 4.79 Å². The highest BCUT2D eigenvalue weighted by molar-refractivity contribution is 8.13. The van der Waals surface area contributed by atoms with Crippen LogP contribution in [-0.4, -0.2) is 48.1 Å². The first kappa shape index (κ1) is 16.5. The molecule has 1 N–H and O–H groups in total. The minimum absolute atomic E-state index is 0.0518. The molecule has 1 aliphatic heterocycles. The van der Waals surface area contributed by atoms with E-state index >= 15 is 0 Å². The number of hydrogen-bond donors (Lipinski definition) is 1. The summed E-state index contributed by atoms with van der Waals surface area (Å²) in [4.78, 5) is 25.2. The normalized spacial score (nSPS) is 14.1. The Morgan fingerprint density at radius 2 is 2.09 bits per heavy atom. The molecule has 2 amide bonds. The molecule has 0 aliphatic carbocycles. The van der Waals surface area contributed by atoms with Gasteiger partial charge in [0.05, 0.1) is 18.9 Å². The minimum Gasteiger partial charge on any atom is -0.494 e. The highest BCUT2D eigenvalue weighted by Gasteiger charge is 2.23. The zero-order chi connectivity index (χ0) is 15.9. The Kier molecular flexibility index (Phi) is 5.94. The molecule has 1 fully saturated rings. The third-order valence-electron chi connectivity index (χ3n) is 3.02. The Morgan fingerprint density at radius 3 is 2.73 bits per heavy atom. The van der Waals surface area contributed by atoms with Crippen molar-refractivity contribution in [2.24, 2.45) is 0 Å². The van der Waals surface area contributed by atoms with E-state index in [1.165, 1.54) is 16.7 Å². The summed E-state index contributed by atoms with van der Waals surface area (Å²) in [5, 5.41) is 2.74. The Bertz CT molecular complexity index is 550. The van der Waals surface area contributed by atoms with Crippen molar-refractivity contribution in [3.63, 3.8) is 0 Å². The van der Waals surface area contributed by atoms with E-state index in [4.69, 9.17) is 9.47 Å². The number of amides is 2. The van der Waals surface area contributed by atoms with Gasteiger partial charge in [0.2, 0.25) is 5.91 Å². The maximum atomic E-state index is 12.1. The maximum Gasteiger partial charge on any atom is 0.282 e. The van der Waals surface area contributed by atoms with Gasteiger partial charge in [0, 0.05) is 18.4 Å². The molecular formula is C15H20N2O4S. The number of anilines is 1. The fraction of sp³-hybridized carbons (Fsp3) is 0.467. The topological polar surface area (TPSA) is 67.9 Å². The number of nitrogens with zero attached hydrogens (tertiary/aromatic N) is 1. The smallest absolute Gasteiger partial charge is 0.282 e. The van der Waals surface area contributed by atoms with Gasteiger partial charge in [0.25, 0.3) is 5.24 Å². The van der Waals surface area contributed by atoms with Gasteiger partial charge in [-0.05, 0) is 26.0 Å². The number of benzene rings is 1. The van der Waals surface area contributed by atoms with Crippen molar-refractivity contribution in [3.05, 3.63) is 18.2 Å². The molecule has 7 heteroatoms. The molecule has 1 heterocycles. The van der Waals surface area contributed by atoms with Crippen LogP contribution in [0.2, 0.25) is 0 Å². The zero-order valence-corrected chi connectivity index (χ0v) is 13.6. The minimum atomic E-state index is -0.245. The third kappa shape index (κ3) is 4.30. The van der Waals surface area contributed by atoms with Crippen LogP contribution in [0.3, 0.4) is 0 Å². The summed E-state index contributed by atoms with van der Waals surface area (Å²) in [6, 6.07) is 5.29. The van der Waals surface area contributed by atoms with E-state index in [1.807, 2.05) is 13.8 Å². The highest BCUT2D eigenvalue weighted by atomic mass is 32.2. The van der Waals surface area contributed by atoms with Gasteiger partial charge in [-0.3, -0.25) is 9.59 Å². The number of hydrogen-bond acceptors (Lipinski definition) is 5. The number of carbonyl (C=O) groups is 2. The summed E-state index contributed by atoms with van der Waals surface area (Å²) in [5.74, 6) is 1.73. The molecule has 6 nitrogen and oxygen atoms in total. The summed E-state index contributed by atoms with van der Waals surface area (Å²) in [5.41, 5.74) is 0.553. The molecule has 0 atom stereocenters. The number of nitrogens with one attached hydrogen (secondary N) is 1. The van der Waals surface area contributed by atoms with Crippen molar-refractivity contribution in [3.8, 4) is 11.5 Å². The van der Waals surface area contributed by atoms with Crippen LogP contribution in [0.4, 0.5) is 10.5 Å². The zero-order valence-electron chi connectivity index (χ0n) is 12.8. The van der Waals surface area contributed by atoms with Crippen molar-refractivity contribution in [1.29, 1.82) is 0 Å². The summed E-state index contributed by atoms with van der Waals surface area (Å²) in [6.07, 6.45) is 0. The SMILES string of the molecule is CCOc1ccc(OCC)c(NC(=O)CN2CCSC2=O)c1. The van der Waals surface area contributed by atoms with E-state index in [2.05, 4.69) is 5.32 Å². The van der Waals surface area contributed by atoms with Gasteiger partial charge < -0.3 is 19.7 Å². The molecule has 0 unspecified atom stereocenters. The summed E-state index contributed by atoms with van der Waals surface area (Å²) in [7, 11) is 0. The first-order valence-electron chi connectivity index (χ1n) is 7.25. The molecule has 0 radical (unpaired) electrons. The van der Waals surface area contributed by atoms with Gasteiger partial charge in [-0.1, -0.05) is 11.8 Å². The molecule has 1 saturated heterocycles. The molecule has 0 saturated carbocycles. The lowest BCUT2D eigenvalue weighted by atomic mass is 10.2. The average Bonchev–Trinajstić information content (AvgIpc) is 2.87. The summed E-state index contributed by atoms with van der Waals surface area (Å²) >= 11 is 1.24. The lowest BCUT2D eigenvalue weighted by molar-refractivity contribution is -0.116. The molecule has 0 aromatic heterocycles. The van der Waals surface area contributed by atoms with E-state index < -0.39 is 0 Å². The van der Waals surface area contributed by atoms with Gasteiger partial charge in [-0.2, -0.15) is 0 Å². The molecule has 1 aromatic rings. The molecule has 0 bridgehead atoms. The molecule has 120 valence electrons. The molecule has 22 heavy (non-hydrogen) atoms. The Labute approximate surface area is 134 Å². The highest BCUT2D eigenvalue weighted by Crippen LogP contribution is 2.29. The number of thioether (sulfide) groups is 1. The average molecular weight is 324 g/mol. The van der Waals surface area contributed by atoms with Crippen LogP contribution in [0, 0.1) is 0 Å². The maximum absolute atomic E-state index is 12.1. The Morgan fingerprint density at radius 1 is 1.32 bits per heavy atom. The van der Waals surface area contributed by atoms with Crippen LogP contribution < -0.4 is 14.8 Å². The number of carbonyl (C=O) groups excluding carboxylic acids is 2. The first-order valence-corrected chi connectivity index (χ1v) is 8.23. The fourth-order valence-electron chi connectivity index (χ4n) is 2.08. The lowest BCUT2D eigenvalue weighted by Gasteiger charge is -2.16. The van der Waals surface area contributed by atoms with Crippen molar-refractivity contribution >= 4 is 28.6 Å². The van der Waals surface area contributed by atoms with Crippen LogP contribution in [0.1, 0.15) is 13.8 Å². The molecule has 1 aliphatic rings. The standard InChI is InChI=1S/C15H20N2O4S/c1-3-20-11-5-6-13(21-4-2)12(9-11)16-14(18)10-17-7-8-22-15(17)19/h5-6,9H,3-4,7-8,10H2,1-2H3,(H,16,18). The fourth-order valence-corrected chi connectivity index (χ4v) is 2.90. The number of ether oxygens (including phenoxy) is 2. The monoisotopic (exact) mass is 324 g/mol. The Hall–Kier alpha value is -1.89. The third-order valence-corrected chi connectivity index (χ3v) is 3.91. The van der Waals surface area contributed by atoms with Crippen LogP contribution >= 0.6 is 11.8 Å². The van der Waals surface area contributed by atoms with E-state index in [0.29, 0.717) is 36.9 Å². The summed E-state index contributed by atoms with van der Waals surface area (Å²) < 4.78 is 10.9. The van der Waals surface area contributed by atoms with Gasteiger partial charge in [0.1, 0.15) is 18.0 Å². The largest absolute Gasteiger partial charge is 0.494 e. The predicted molar refractivity (Wildman–Crippen MR) is 86.8 cm³/mol. The van der Waals surface area contributed by atoms with Crippen LogP contribution in [0.15, 0.2) is 18.2 Å². The van der Waals surface area contributed by atoms with Gasteiger partial charge in [-0.15, -0.1) is 0 Å². The second-order valence-electron chi connectivity index (χ2n) is 4.61. The van der Waals surface area contributed by atoms with Gasteiger partial charge in [0.15, 0.2) is 0 Å². The molecule has 2 rings (SSSR count). The van der Waals surface area contributed by atoms with Crippen molar-refractivity contribution in [2.75, 3.05) is 37.4 Å². The second-order valence-corrected chi connectivity index (χ2v) is 5.65. The second kappa shape index (κ2) is 7.93. The molecule has 0 spiro atoms. The molecular weight excluding hydrogens is 304 g/mol. The summed E-state index contributed by atoms with van der Waals surface area (Å²) in [6.45, 7) is 5.47. The van der Waals surface area contributed by atoms with Crippen molar-refractivity contribution in [1.82, 2.24) is 4.90 Å². The van der Waals surface area contributed by atoms with E-state index in [0.717, 1.165) is 5.75 Å². The number of rotatable bonds is 7. The van der Waals surface area contributed by atoms with Gasteiger partial charge in [-0.25, -0.2) is 0 Å². The Balaban J connectivity index is 2.06. The predicted octanol–water partition coefficient (Wildman–Crippen LogP) is 2.59. The van der Waals surface area contributed by atoms with E-state index in [1.54, 1.807) is 18.2 Å². The van der Waals surface area contributed by atoms with Crippen LogP contribution in [0.5, 0.6) is 11.5 Å². The van der Waals surface area contributed by atoms with E-state index in [9.17, 15) is 9.59 Å². The van der Waals surface area contributed by atoms with Gasteiger partial charge >= 0.3 is 0 Å². The molecule has 1 aromatic carbocycles. The quantitative estimate of drug-likeness (QED) is 0.835. The van der Waals surface area contributed by atoms with Crippen molar-refractivity contribution < 1.29 is 19.1 Å². The first-order chi connectivity index (χ1) is 10.6. The van der Waals surface area contributed by atoms with Crippen molar-refractivity contribution in [2.45, 2.75) is 13.8 Å². The lowest BCUT2D eigenvalue weighted by Crippen LogP contribution is -2.33. The van der Waals surface area contributed by atoms with Crippen LogP contribution in [0.25, 0.3) is 0 Å².